The zero-order chi connectivity index (χ0) is 10.7. The molecule has 0 unspecified atom stereocenters. The molecule has 0 bridgehead atoms. The molecule has 0 saturated carbocycles. The lowest BCUT2D eigenvalue weighted by molar-refractivity contribution is -0.385. The van der Waals surface area contributed by atoms with E-state index in [9.17, 15) is 15.2 Å². The van der Waals surface area contributed by atoms with Crippen molar-refractivity contribution in [1.29, 1.82) is 0 Å². The lowest BCUT2D eigenvalue weighted by Gasteiger charge is -2.09. The van der Waals surface area contributed by atoms with Gasteiger partial charge in [0.1, 0.15) is 0 Å². The third-order valence-corrected chi connectivity index (χ3v) is 2.46. The molecule has 0 heterocycles. The number of hydrogen-bond donors (Lipinski definition) is 2. The van der Waals surface area contributed by atoms with Crippen LogP contribution in [0.3, 0.4) is 0 Å². The van der Waals surface area contributed by atoms with Crippen LogP contribution in [0.15, 0.2) is 22.7 Å². The quantitative estimate of drug-likeness (QED) is 0.634. The van der Waals surface area contributed by atoms with Gasteiger partial charge in [-0.3, -0.25) is 10.1 Å². The summed E-state index contributed by atoms with van der Waals surface area (Å²) < 4.78 is 0.490. The van der Waals surface area contributed by atoms with Gasteiger partial charge in [-0.05, 0) is 11.6 Å². The Morgan fingerprint density at radius 1 is 1.64 bits per heavy atom. The Balaban J connectivity index is 3.07. The number of aliphatic hydroxyl groups excluding tert-OH is 1. The smallest absolute Gasteiger partial charge is 0.270 e. The highest BCUT2D eigenvalue weighted by Crippen LogP contribution is 2.27. The molecule has 1 atom stereocenters. The lowest BCUT2D eigenvalue weighted by atomic mass is 10.1. The number of nitrogens with two attached hydrogens (primary N) is 1. The van der Waals surface area contributed by atoms with Crippen molar-refractivity contribution >= 4 is 21.6 Å². The zero-order valence-corrected chi connectivity index (χ0v) is 8.77. The molecule has 1 aromatic rings. The predicted molar refractivity (Wildman–Crippen MR) is 54.8 cm³/mol. The molecule has 5 nitrogen and oxygen atoms in total. The van der Waals surface area contributed by atoms with E-state index in [1.807, 2.05) is 0 Å². The number of hydrogen-bond acceptors (Lipinski definition) is 4. The molecule has 0 saturated heterocycles. The van der Waals surface area contributed by atoms with Gasteiger partial charge in [0.2, 0.25) is 0 Å². The molecule has 76 valence electrons. The minimum Gasteiger partial charge on any atom is -0.387 e. The third kappa shape index (κ3) is 2.28. The summed E-state index contributed by atoms with van der Waals surface area (Å²) in [6.07, 6.45) is -0.801. The van der Waals surface area contributed by atoms with Crippen molar-refractivity contribution < 1.29 is 10.0 Å². The second-order valence-corrected chi connectivity index (χ2v) is 3.57. The van der Waals surface area contributed by atoms with Gasteiger partial charge in [0.05, 0.1) is 11.0 Å². The molecular weight excluding hydrogens is 252 g/mol. The Morgan fingerprint density at radius 2 is 2.29 bits per heavy atom. The molecule has 0 aliphatic heterocycles. The summed E-state index contributed by atoms with van der Waals surface area (Å²) in [6.45, 7) is 0.0798. The van der Waals surface area contributed by atoms with Crippen LogP contribution in [0.1, 0.15) is 11.7 Å². The van der Waals surface area contributed by atoms with Crippen LogP contribution in [0.25, 0.3) is 0 Å². The van der Waals surface area contributed by atoms with Crippen molar-refractivity contribution in [3.05, 3.63) is 38.3 Å². The summed E-state index contributed by atoms with van der Waals surface area (Å²) in [5.74, 6) is 0. The fourth-order valence-corrected chi connectivity index (χ4v) is 1.66. The van der Waals surface area contributed by atoms with E-state index in [1.54, 1.807) is 0 Å². The summed E-state index contributed by atoms with van der Waals surface area (Å²) in [7, 11) is 0. The minimum atomic E-state index is -0.801. The van der Waals surface area contributed by atoms with Gasteiger partial charge in [-0.1, -0.05) is 15.9 Å². The second kappa shape index (κ2) is 4.50. The zero-order valence-electron chi connectivity index (χ0n) is 7.18. The molecule has 6 heteroatoms. The van der Waals surface area contributed by atoms with Gasteiger partial charge in [-0.15, -0.1) is 0 Å². The van der Waals surface area contributed by atoms with E-state index in [2.05, 4.69) is 15.9 Å². The van der Waals surface area contributed by atoms with Crippen LogP contribution >= 0.6 is 15.9 Å². The van der Waals surface area contributed by atoms with E-state index >= 15 is 0 Å². The summed E-state index contributed by atoms with van der Waals surface area (Å²) in [6, 6.07) is 4.16. The molecule has 0 amide bonds. The van der Waals surface area contributed by atoms with Crippen molar-refractivity contribution in [2.45, 2.75) is 6.10 Å². The van der Waals surface area contributed by atoms with Gasteiger partial charge in [-0.2, -0.15) is 0 Å². The van der Waals surface area contributed by atoms with E-state index in [-0.39, 0.29) is 12.2 Å². The van der Waals surface area contributed by atoms with E-state index in [4.69, 9.17) is 5.73 Å². The van der Waals surface area contributed by atoms with Crippen molar-refractivity contribution in [2.24, 2.45) is 5.73 Å². The van der Waals surface area contributed by atoms with Crippen LogP contribution in [0, 0.1) is 10.1 Å². The highest BCUT2D eigenvalue weighted by molar-refractivity contribution is 9.10. The maximum atomic E-state index is 10.4. The summed E-state index contributed by atoms with van der Waals surface area (Å²) in [5.41, 5.74) is 5.80. The first kappa shape index (κ1) is 11.1. The van der Waals surface area contributed by atoms with Crippen LogP contribution in [-0.4, -0.2) is 16.6 Å². The summed E-state index contributed by atoms with van der Waals surface area (Å²) in [4.78, 5) is 9.90. The number of benzene rings is 1. The largest absolute Gasteiger partial charge is 0.387 e. The Hall–Kier alpha value is -0.980. The maximum Gasteiger partial charge on any atom is 0.270 e. The van der Waals surface area contributed by atoms with Crippen LogP contribution in [0.5, 0.6) is 0 Å². The van der Waals surface area contributed by atoms with Gasteiger partial charge < -0.3 is 10.8 Å². The van der Waals surface area contributed by atoms with Crippen molar-refractivity contribution in [3.8, 4) is 0 Å². The maximum absolute atomic E-state index is 10.4. The third-order valence-electron chi connectivity index (χ3n) is 1.78. The SMILES string of the molecule is NC[C@@H](O)c1ccc([N+](=O)[O-])cc1Br. The summed E-state index contributed by atoms with van der Waals surface area (Å²) >= 11 is 3.14. The van der Waals surface area contributed by atoms with Crippen LogP contribution in [-0.2, 0) is 0 Å². The molecule has 1 aromatic carbocycles. The molecule has 0 spiro atoms. The van der Waals surface area contributed by atoms with Gasteiger partial charge in [0.25, 0.3) is 5.69 Å². The molecule has 0 radical (unpaired) electrons. The van der Waals surface area contributed by atoms with Gasteiger partial charge in [0, 0.05) is 23.2 Å². The molecule has 3 N–H and O–H groups in total. The van der Waals surface area contributed by atoms with Crippen molar-refractivity contribution in [2.75, 3.05) is 6.54 Å². The molecule has 1 rings (SSSR count). The first-order chi connectivity index (χ1) is 6.56. The number of nitrogens with zero attached hydrogens (tertiary/aromatic N) is 1. The number of aliphatic hydroxyl groups is 1. The Kier molecular flexibility index (Phi) is 3.56. The topological polar surface area (TPSA) is 89.4 Å². The molecular formula is C8H9BrN2O3. The molecule has 0 aliphatic rings. The average molecular weight is 261 g/mol. The van der Waals surface area contributed by atoms with Crippen molar-refractivity contribution in [1.82, 2.24) is 0 Å². The van der Waals surface area contributed by atoms with E-state index in [0.29, 0.717) is 10.0 Å². The molecule has 0 fully saturated rings. The van der Waals surface area contributed by atoms with Gasteiger partial charge in [-0.25, -0.2) is 0 Å². The highest BCUT2D eigenvalue weighted by atomic mass is 79.9. The fraction of sp³-hybridized carbons (Fsp3) is 0.250. The number of nitro benzene ring substituents is 1. The van der Waals surface area contributed by atoms with E-state index < -0.39 is 11.0 Å². The minimum absolute atomic E-state index is 0.0233. The average Bonchev–Trinajstić information content (AvgIpc) is 2.16. The molecule has 14 heavy (non-hydrogen) atoms. The van der Waals surface area contributed by atoms with Gasteiger partial charge >= 0.3 is 0 Å². The predicted octanol–water partition coefficient (Wildman–Crippen LogP) is 1.35. The lowest BCUT2D eigenvalue weighted by Crippen LogP contribution is -2.12. The highest BCUT2D eigenvalue weighted by Gasteiger charge is 2.13. The number of rotatable bonds is 3. The molecule has 0 aromatic heterocycles. The Bertz CT molecular complexity index is 356. The normalized spacial score (nSPS) is 12.5. The summed E-state index contributed by atoms with van der Waals surface area (Å²) in [5, 5.41) is 19.8. The second-order valence-electron chi connectivity index (χ2n) is 2.71. The number of non-ortho nitro benzene ring substituents is 1. The van der Waals surface area contributed by atoms with E-state index in [1.165, 1.54) is 18.2 Å². The standard InChI is InChI=1S/C8H9BrN2O3/c9-7-3-5(11(13)14)1-2-6(7)8(12)4-10/h1-3,8,12H,4,10H2/t8-/m1/s1. The number of nitro groups is 1. The van der Waals surface area contributed by atoms with Gasteiger partial charge in [0.15, 0.2) is 0 Å². The number of halogens is 1. The van der Waals surface area contributed by atoms with Crippen LogP contribution in [0.2, 0.25) is 0 Å². The first-order valence-electron chi connectivity index (χ1n) is 3.88. The molecule has 0 aliphatic carbocycles. The van der Waals surface area contributed by atoms with Crippen LogP contribution in [0.4, 0.5) is 5.69 Å². The Morgan fingerprint density at radius 3 is 2.71 bits per heavy atom. The fourth-order valence-electron chi connectivity index (χ4n) is 1.03. The monoisotopic (exact) mass is 260 g/mol. The van der Waals surface area contributed by atoms with Crippen molar-refractivity contribution in [3.63, 3.8) is 0 Å². The van der Waals surface area contributed by atoms with Crippen LogP contribution < -0.4 is 5.73 Å². The first-order valence-corrected chi connectivity index (χ1v) is 4.67. The van der Waals surface area contributed by atoms with E-state index in [0.717, 1.165) is 0 Å². The Labute approximate surface area is 88.8 Å².